The van der Waals surface area contributed by atoms with Crippen LogP contribution in [0, 0.1) is 0 Å². The van der Waals surface area contributed by atoms with Crippen LogP contribution in [0.1, 0.15) is 0 Å². The monoisotopic (exact) mass is 268 g/mol. The summed E-state index contributed by atoms with van der Waals surface area (Å²) in [6.07, 6.45) is 0. The van der Waals surface area contributed by atoms with Gasteiger partial charge in [0.1, 0.15) is 0 Å². The molecule has 1 aromatic heterocycles. The molecular formula is C12H13ClN2O3. The van der Waals surface area contributed by atoms with Crippen molar-refractivity contribution in [2.24, 2.45) is 0 Å². The third-order valence-electron chi connectivity index (χ3n) is 2.81. The molecule has 1 aliphatic heterocycles. The first-order valence-electron chi connectivity index (χ1n) is 5.57. The van der Waals surface area contributed by atoms with Crippen molar-refractivity contribution < 1.29 is 9.15 Å². The minimum Gasteiger partial charge on any atom is -0.389 e. The number of aromatic nitrogens is 1. The summed E-state index contributed by atoms with van der Waals surface area (Å²) in [5, 5.41) is 0.518. The number of fused-ring (bicyclic) bond motifs is 1. The van der Waals surface area contributed by atoms with E-state index in [1.54, 1.807) is 12.1 Å². The number of benzene rings is 1. The largest absolute Gasteiger partial charge is 0.389 e. The summed E-state index contributed by atoms with van der Waals surface area (Å²) in [6, 6.07) is 7.58. The standard InChI is InChI=1S/C12H12N2O3.ClH/c15-11-9-3-1-2-4-10(9)13-12(17-11)14-5-7-16-8-6-14;/h1-4H,5-8H2;1H. The van der Waals surface area contributed by atoms with Crippen LogP contribution < -0.4 is 10.5 Å². The fourth-order valence-corrected chi connectivity index (χ4v) is 1.90. The molecule has 0 radical (unpaired) electrons. The van der Waals surface area contributed by atoms with Crippen LogP contribution in [0.3, 0.4) is 0 Å². The summed E-state index contributed by atoms with van der Waals surface area (Å²) in [5.41, 5.74) is 0.335. The lowest BCUT2D eigenvalue weighted by atomic mass is 10.2. The van der Waals surface area contributed by atoms with Crippen molar-refractivity contribution in [3.05, 3.63) is 34.7 Å². The Morgan fingerprint density at radius 1 is 1.17 bits per heavy atom. The van der Waals surface area contributed by atoms with Gasteiger partial charge in [-0.3, -0.25) is 0 Å². The highest BCUT2D eigenvalue weighted by Crippen LogP contribution is 2.15. The maximum Gasteiger partial charge on any atom is 0.348 e. The molecule has 1 saturated heterocycles. The van der Waals surface area contributed by atoms with Crippen LogP contribution in [0.25, 0.3) is 10.9 Å². The number of hydrogen-bond acceptors (Lipinski definition) is 5. The molecule has 5 nitrogen and oxygen atoms in total. The molecule has 0 N–H and O–H groups in total. The summed E-state index contributed by atoms with van der Waals surface area (Å²) in [6.45, 7) is 2.68. The first-order valence-corrected chi connectivity index (χ1v) is 5.57. The Morgan fingerprint density at radius 3 is 2.67 bits per heavy atom. The smallest absolute Gasteiger partial charge is 0.348 e. The highest BCUT2D eigenvalue weighted by Gasteiger charge is 2.16. The fraction of sp³-hybridized carbons (Fsp3) is 0.333. The zero-order valence-corrected chi connectivity index (χ0v) is 10.5. The molecule has 18 heavy (non-hydrogen) atoms. The summed E-state index contributed by atoms with van der Waals surface area (Å²) < 4.78 is 10.5. The molecular weight excluding hydrogens is 256 g/mol. The van der Waals surface area contributed by atoms with Gasteiger partial charge < -0.3 is 14.1 Å². The van der Waals surface area contributed by atoms with E-state index < -0.39 is 0 Å². The average Bonchev–Trinajstić information content (AvgIpc) is 2.40. The van der Waals surface area contributed by atoms with Crippen LogP contribution >= 0.6 is 12.4 Å². The van der Waals surface area contributed by atoms with Crippen molar-refractivity contribution in [2.75, 3.05) is 31.2 Å². The van der Waals surface area contributed by atoms with Crippen molar-refractivity contribution >= 4 is 29.3 Å². The van der Waals surface area contributed by atoms with Crippen LogP contribution in [0.4, 0.5) is 6.01 Å². The SMILES string of the molecule is Cl.O=c1oc(N2CCOCC2)nc2ccccc12. The molecule has 0 aliphatic carbocycles. The van der Waals surface area contributed by atoms with E-state index in [4.69, 9.17) is 9.15 Å². The Bertz CT molecular complexity index is 593. The Hall–Kier alpha value is -1.59. The van der Waals surface area contributed by atoms with Gasteiger partial charge in [-0.1, -0.05) is 12.1 Å². The molecule has 96 valence electrons. The third-order valence-corrected chi connectivity index (χ3v) is 2.81. The molecule has 0 saturated carbocycles. The highest BCUT2D eigenvalue weighted by atomic mass is 35.5. The van der Waals surface area contributed by atoms with Crippen molar-refractivity contribution in [1.82, 2.24) is 4.98 Å². The number of nitrogens with zero attached hydrogens (tertiary/aromatic N) is 2. The Morgan fingerprint density at radius 2 is 1.89 bits per heavy atom. The lowest BCUT2D eigenvalue weighted by Crippen LogP contribution is -2.37. The third kappa shape index (κ3) is 2.32. The van der Waals surface area contributed by atoms with Crippen molar-refractivity contribution in [2.45, 2.75) is 0 Å². The molecule has 1 fully saturated rings. The van der Waals surface area contributed by atoms with E-state index in [-0.39, 0.29) is 18.0 Å². The average molecular weight is 269 g/mol. The van der Waals surface area contributed by atoms with Gasteiger partial charge in [0.05, 0.1) is 24.1 Å². The van der Waals surface area contributed by atoms with Gasteiger partial charge >= 0.3 is 11.6 Å². The number of hydrogen-bond donors (Lipinski definition) is 0. The molecule has 2 heterocycles. The van der Waals surface area contributed by atoms with Gasteiger partial charge in [-0.2, -0.15) is 4.98 Å². The molecule has 0 spiro atoms. The van der Waals surface area contributed by atoms with E-state index >= 15 is 0 Å². The van der Waals surface area contributed by atoms with E-state index in [2.05, 4.69) is 4.98 Å². The van der Waals surface area contributed by atoms with Crippen molar-refractivity contribution in [1.29, 1.82) is 0 Å². The number of halogens is 1. The van der Waals surface area contributed by atoms with E-state index in [1.165, 1.54) is 0 Å². The minimum atomic E-state index is -0.336. The molecule has 0 amide bonds. The van der Waals surface area contributed by atoms with Crippen LogP contribution in [-0.2, 0) is 4.74 Å². The molecule has 0 bridgehead atoms. The summed E-state index contributed by atoms with van der Waals surface area (Å²) >= 11 is 0. The zero-order chi connectivity index (χ0) is 11.7. The van der Waals surface area contributed by atoms with Crippen LogP contribution in [-0.4, -0.2) is 31.3 Å². The van der Waals surface area contributed by atoms with Gasteiger partial charge in [-0.15, -0.1) is 12.4 Å². The first-order chi connectivity index (χ1) is 8.34. The molecule has 0 atom stereocenters. The van der Waals surface area contributed by atoms with E-state index in [9.17, 15) is 4.79 Å². The predicted molar refractivity (Wildman–Crippen MR) is 70.6 cm³/mol. The Kier molecular flexibility index (Phi) is 3.84. The fourth-order valence-electron chi connectivity index (χ4n) is 1.90. The van der Waals surface area contributed by atoms with Crippen molar-refractivity contribution in [3.8, 4) is 0 Å². The second-order valence-electron chi connectivity index (χ2n) is 3.90. The lowest BCUT2D eigenvalue weighted by molar-refractivity contribution is 0.120. The molecule has 3 rings (SSSR count). The number of morpholine rings is 1. The minimum absolute atomic E-state index is 0. The second kappa shape index (κ2) is 5.37. The first kappa shape index (κ1) is 12.9. The van der Waals surface area contributed by atoms with E-state index in [0.29, 0.717) is 43.2 Å². The normalized spacial score (nSPS) is 15.4. The zero-order valence-electron chi connectivity index (χ0n) is 9.67. The van der Waals surface area contributed by atoms with Gasteiger partial charge in [0.25, 0.3) is 0 Å². The molecule has 0 unspecified atom stereocenters. The summed E-state index contributed by atoms with van der Waals surface area (Å²) in [7, 11) is 0. The maximum absolute atomic E-state index is 11.8. The van der Waals surface area contributed by atoms with Gasteiger partial charge in [-0.25, -0.2) is 4.79 Å². The second-order valence-corrected chi connectivity index (χ2v) is 3.90. The van der Waals surface area contributed by atoms with Crippen LogP contribution in [0.5, 0.6) is 0 Å². The van der Waals surface area contributed by atoms with Crippen molar-refractivity contribution in [3.63, 3.8) is 0 Å². The molecule has 6 heteroatoms. The lowest BCUT2D eigenvalue weighted by Gasteiger charge is -2.25. The predicted octanol–water partition coefficient (Wildman–Crippen LogP) is 1.45. The highest BCUT2D eigenvalue weighted by molar-refractivity contribution is 5.85. The molecule has 1 aliphatic rings. The maximum atomic E-state index is 11.8. The topological polar surface area (TPSA) is 55.6 Å². The summed E-state index contributed by atoms with van der Waals surface area (Å²) in [5.74, 6) is 0. The Balaban J connectivity index is 0.00000120. The number of anilines is 1. The number of para-hydroxylation sites is 1. The molecule has 2 aromatic rings. The Labute approximate surface area is 110 Å². The quantitative estimate of drug-likeness (QED) is 0.783. The van der Waals surface area contributed by atoms with Crippen LogP contribution in [0.2, 0.25) is 0 Å². The number of rotatable bonds is 1. The van der Waals surface area contributed by atoms with E-state index in [0.717, 1.165) is 0 Å². The van der Waals surface area contributed by atoms with Gasteiger partial charge in [0.2, 0.25) is 0 Å². The van der Waals surface area contributed by atoms with Crippen LogP contribution in [0.15, 0.2) is 33.5 Å². The van der Waals surface area contributed by atoms with Gasteiger partial charge in [0.15, 0.2) is 0 Å². The van der Waals surface area contributed by atoms with Gasteiger partial charge in [0, 0.05) is 13.1 Å². The number of ether oxygens (including phenoxy) is 1. The van der Waals surface area contributed by atoms with Gasteiger partial charge in [-0.05, 0) is 12.1 Å². The molecule has 1 aromatic carbocycles. The summed E-state index contributed by atoms with van der Waals surface area (Å²) in [4.78, 5) is 18.1. The van der Waals surface area contributed by atoms with E-state index in [1.807, 2.05) is 17.0 Å².